The Balaban J connectivity index is 4.31. The minimum Gasteiger partial charge on any atom is -0.314 e. The average molecular weight is 195 g/mol. The Morgan fingerprint density at radius 3 is 2.00 bits per heavy atom. The number of rotatable bonds is 5. The Bertz CT molecular complexity index is 173. The molecule has 0 saturated carbocycles. The fourth-order valence-corrected chi connectivity index (χ4v) is 2.30. The van der Waals surface area contributed by atoms with Crippen molar-refractivity contribution in [3.05, 3.63) is 0 Å². The van der Waals surface area contributed by atoms with E-state index in [-0.39, 0.29) is 5.54 Å². The van der Waals surface area contributed by atoms with Crippen molar-refractivity contribution >= 4 is 7.60 Å². The molecule has 0 unspecified atom stereocenters. The summed E-state index contributed by atoms with van der Waals surface area (Å²) in [6, 6.07) is 0. The molecule has 0 fully saturated rings. The highest BCUT2D eigenvalue weighted by Crippen LogP contribution is 2.48. The predicted molar refractivity (Wildman–Crippen MR) is 49.6 cm³/mol. The van der Waals surface area contributed by atoms with Crippen molar-refractivity contribution in [1.82, 2.24) is 5.32 Å². The topological polar surface area (TPSA) is 47.6 Å². The zero-order chi connectivity index (χ0) is 9.83. The standard InChI is InChI=1S/C7H18NO3P/c1-7(2,8-3)6-12(9,10-4)11-5/h8H,6H2,1-5H3. The fourth-order valence-electron chi connectivity index (χ4n) is 0.767. The summed E-state index contributed by atoms with van der Waals surface area (Å²) < 4.78 is 21.3. The van der Waals surface area contributed by atoms with Crippen molar-refractivity contribution < 1.29 is 13.6 Å². The summed E-state index contributed by atoms with van der Waals surface area (Å²) in [6.07, 6.45) is 0.365. The highest BCUT2D eigenvalue weighted by Gasteiger charge is 2.30. The summed E-state index contributed by atoms with van der Waals surface area (Å²) in [5.41, 5.74) is -0.235. The summed E-state index contributed by atoms with van der Waals surface area (Å²) in [6.45, 7) is 3.88. The SMILES string of the molecule is CNC(C)(C)CP(=O)(OC)OC. The number of nitrogens with one attached hydrogen (secondary N) is 1. The molecule has 0 spiro atoms. The van der Waals surface area contributed by atoms with Gasteiger partial charge >= 0.3 is 7.60 Å². The fraction of sp³-hybridized carbons (Fsp3) is 1.00. The first-order valence-corrected chi connectivity index (χ1v) is 5.51. The van der Waals surface area contributed by atoms with Crippen LogP contribution in [0.4, 0.5) is 0 Å². The molecule has 74 valence electrons. The van der Waals surface area contributed by atoms with Crippen molar-refractivity contribution in [1.29, 1.82) is 0 Å². The van der Waals surface area contributed by atoms with Crippen LogP contribution < -0.4 is 5.32 Å². The molecule has 0 aliphatic carbocycles. The molecule has 0 atom stereocenters. The molecule has 12 heavy (non-hydrogen) atoms. The summed E-state index contributed by atoms with van der Waals surface area (Å²) in [4.78, 5) is 0. The molecule has 0 aromatic rings. The molecule has 0 aliphatic rings. The second kappa shape index (κ2) is 4.38. The maximum atomic E-state index is 11.6. The van der Waals surface area contributed by atoms with Crippen LogP contribution in [0.1, 0.15) is 13.8 Å². The molecular weight excluding hydrogens is 177 g/mol. The normalized spacial score (nSPS) is 13.4. The molecule has 0 rings (SSSR count). The highest BCUT2D eigenvalue weighted by molar-refractivity contribution is 7.53. The average Bonchev–Trinajstić information content (AvgIpc) is 2.04. The molecule has 0 aromatic carbocycles. The Hall–Kier alpha value is 0.110. The van der Waals surface area contributed by atoms with Crippen molar-refractivity contribution in [3.63, 3.8) is 0 Å². The minimum absolute atomic E-state index is 0.235. The first kappa shape index (κ1) is 12.1. The van der Waals surface area contributed by atoms with Crippen LogP contribution in [0.2, 0.25) is 0 Å². The number of hydrogen-bond acceptors (Lipinski definition) is 4. The second-order valence-electron chi connectivity index (χ2n) is 3.27. The van der Waals surface area contributed by atoms with Gasteiger partial charge < -0.3 is 14.4 Å². The van der Waals surface area contributed by atoms with E-state index in [1.54, 1.807) is 0 Å². The first-order valence-electron chi connectivity index (χ1n) is 3.78. The van der Waals surface area contributed by atoms with Gasteiger partial charge in [-0.25, -0.2) is 0 Å². The van der Waals surface area contributed by atoms with Gasteiger partial charge in [-0.15, -0.1) is 0 Å². The molecule has 5 heteroatoms. The van der Waals surface area contributed by atoms with Gasteiger partial charge in [0.2, 0.25) is 0 Å². The second-order valence-corrected chi connectivity index (χ2v) is 5.54. The molecule has 1 N–H and O–H groups in total. The van der Waals surface area contributed by atoms with Gasteiger partial charge in [-0.2, -0.15) is 0 Å². The van der Waals surface area contributed by atoms with Crippen molar-refractivity contribution in [2.75, 3.05) is 27.4 Å². The minimum atomic E-state index is -2.88. The van der Waals surface area contributed by atoms with Crippen LogP contribution in [0.5, 0.6) is 0 Å². The summed E-state index contributed by atoms with van der Waals surface area (Å²) in [5.74, 6) is 0. The van der Waals surface area contributed by atoms with Crippen molar-refractivity contribution in [2.45, 2.75) is 19.4 Å². The zero-order valence-electron chi connectivity index (χ0n) is 8.38. The van der Waals surface area contributed by atoms with Crippen LogP contribution in [0.15, 0.2) is 0 Å². The first-order chi connectivity index (χ1) is 5.39. The van der Waals surface area contributed by atoms with Crippen LogP contribution in [0.25, 0.3) is 0 Å². The molecule has 0 radical (unpaired) electrons. The van der Waals surface area contributed by atoms with Gasteiger partial charge in [-0.3, -0.25) is 4.57 Å². The third-order valence-electron chi connectivity index (χ3n) is 1.82. The maximum Gasteiger partial charge on any atom is 0.331 e. The molecule has 0 heterocycles. The van der Waals surface area contributed by atoms with Crippen LogP contribution in [0, 0.1) is 0 Å². The lowest BCUT2D eigenvalue weighted by Crippen LogP contribution is -2.40. The van der Waals surface area contributed by atoms with E-state index in [1.165, 1.54) is 14.2 Å². The lowest BCUT2D eigenvalue weighted by Gasteiger charge is -2.27. The van der Waals surface area contributed by atoms with Gasteiger partial charge in [0, 0.05) is 19.8 Å². The van der Waals surface area contributed by atoms with Gasteiger partial charge in [0.15, 0.2) is 0 Å². The van der Waals surface area contributed by atoms with E-state index in [2.05, 4.69) is 5.32 Å². The van der Waals surface area contributed by atoms with E-state index in [0.717, 1.165) is 0 Å². The van der Waals surface area contributed by atoms with E-state index >= 15 is 0 Å². The van der Waals surface area contributed by atoms with Crippen LogP contribution >= 0.6 is 7.60 Å². The molecular formula is C7H18NO3P. The van der Waals surface area contributed by atoms with Gasteiger partial charge in [0.05, 0.1) is 6.16 Å². The third-order valence-corrected chi connectivity index (χ3v) is 4.11. The highest BCUT2D eigenvalue weighted by atomic mass is 31.2. The molecule has 0 saturated heterocycles. The van der Waals surface area contributed by atoms with Crippen LogP contribution in [-0.2, 0) is 13.6 Å². The smallest absolute Gasteiger partial charge is 0.314 e. The Morgan fingerprint density at radius 1 is 1.33 bits per heavy atom. The summed E-state index contributed by atoms with van der Waals surface area (Å²) in [5, 5.41) is 3.03. The lowest BCUT2D eigenvalue weighted by molar-refractivity contribution is 0.265. The van der Waals surface area contributed by atoms with Crippen molar-refractivity contribution in [3.8, 4) is 0 Å². The monoisotopic (exact) mass is 195 g/mol. The van der Waals surface area contributed by atoms with E-state index in [1.807, 2.05) is 20.9 Å². The molecule has 4 nitrogen and oxygen atoms in total. The van der Waals surface area contributed by atoms with E-state index in [4.69, 9.17) is 9.05 Å². The predicted octanol–water partition coefficient (Wildman–Crippen LogP) is 1.47. The van der Waals surface area contributed by atoms with Crippen LogP contribution in [0.3, 0.4) is 0 Å². The van der Waals surface area contributed by atoms with E-state index in [9.17, 15) is 4.57 Å². The third kappa shape index (κ3) is 3.68. The Morgan fingerprint density at radius 2 is 1.75 bits per heavy atom. The summed E-state index contributed by atoms with van der Waals surface area (Å²) >= 11 is 0. The van der Waals surface area contributed by atoms with Gasteiger partial charge in [-0.05, 0) is 20.9 Å². The van der Waals surface area contributed by atoms with E-state index < -0.39 is 7.60 Å². The maximum absolute atomic E-state index is 11.6. The number of hydrogen-bond donors (Lipinski definition) is 1. The lowest BCUT2D eigenvalue weighted by atomic mass is 10.1. The van der Waals surface area contributed by atoms with Crippen LogP contribution in [-0.4, -0.2) is 33.0 Å². The van der Waals surface area contributed by atoms with Gasteiger partial charge in [-0.1, -0.05) is 0 Å². The summed E-state index contributed by atoms with van der Waals surface area (Å²) in [7, 11) is 1.73. The van der Waals surface area contributed by atoms with Crippen molar-refractivity contribution in [2.24, 2.45) is 0 Å². The molecule has 0 bridgehead atoms. The zero-order valence-corrected chi connectivity index (χ0v) is 9.27. The van der Waals surface area contributed by atoms with Gasteiger partial charge in [0.1, 0.15) is 0 Å². The quantitative estimate of drug-likeness (QED) is 0.675. The largest absolute Gasteiger partial charge is 0.331 e. The molecule has 0 aromatic heterocycles. The Labute approximate surface area is 74.2 Å². The Kier molecular flexibility index (Phi) is 4.42. The van der Waals surface area contributed by atoms with Gasteiger partial charge in [0.25, 0.3) is 0 Å². The van der Waals surface area contributed by atoms with E-state index in [0.29, 0.717) is 6.16 Å². The molecule has 0 amide bonds. The molecule has 0 aliphatic heterocycles.